The van der Waals surface area contributed by atoms with Gasteiger partial charge in [-0.1, -0.05) is 0 Å². The third-order valence-corrected chi connectivity index (χ3v) is 5.93. The van der Waals surface area contributed by atoms with Crippen LogP contribution in [0.25, 0.3) is 0 Å². The second kappa shape index (κ2) is 7.16. The zero-order valence-electron chi connectivity index (χ0n) is 17.2. The minimum Gasteiger partial charge on any atom is -0.444 e. The summed E-state index contributed by atoms with van der Waals surface area (Å²) in [6, 6.07) is -0.767. The van der Waals surface area contributed by atoms with Crippen molar-refractivity contribution in [1.82, 2.24) is 25.5 Å². The topological polar surface area (TPSA) is 121 Å². The Morgan fingerprint density at radius 1 is 1.34 bits per heavy atom. The molecule has 1 spiro atoms. The van der Waals surface area contributed by atoms with Gasteiger partial charge in [0, 0.05) is 19.5 Å². The number of hydroxylamine groups is 2. The Hall–Kier alpha value is -2.36. The Labute approximate surface area is 169 Å². The lowest BCUT2D eigenvalue weighted by Crippen LogP contribution is -2.41. The van der Waals surface area contributed by atoms with Crippen LogP contribution in [-0.4, -0.2) is 62.2 Å². The lowest BCUT2D eigenvalue weighted by atomic mass is 9.85. The second-order valence-corrected chi connectivity index (χ2v) is 9.30. The molecule has 2 bridgehead atoms. The van der Waals surface area contributed by atoms with Crippen LogP contribution in [0, 0.1) is 5.41 Å². The summed E-state index contributed by atoms with van der Waals surface area (Å²) < 4.78 is 11.0. The third kappa shape index (κ3) is 4.03. The molecule has 10 heteroatoms. The fourth-order valence-electron chi connectivity index (χ4n) is 4.28. The number of amides is 3. The molecule has 3 amide bonds. The first-order valence-corrected chi connectivity index (χ1v) is 10.3. The van der Waals surface area contributed by atoms with Crippen molar-refractivity contribution in [3.8, 4) is 0 Å². The number of nitrogens with one attached hydrogen (secondary N) is 1. The van der Waals surface area contributed by atoms with E-state index in [1.807, 2.05) is 20.8 Å². The van der Waals surface area contributed by atoms with Gasteiger partial charge in [0.1, 0.15) is 11.6 Å². The van der Waals surface area contributed by atoms with Crippen molar-refractivity contribution >= 4 is 12.1 Å². The zero-order valence-corrected chi connectivity index (χ0v) is 17.2. The highest BCUT2D eigenvalue weighted by Gasteiger charge is 2.63. The van der Waals surface area contributed by atoms with Crippen LogP contribution in [0.3, 0.4) is 0 Å². The number of rotatable bonds is 6. The highest BCUT2D eigenvalue weighted by atomic mass is 16.6. The van der Waals surface area contributed by atoms with E-state index < -0.39 is 11.7 Å². The van der Waals surface area contributed by atoms with Gasteiger partial charge in [0.25, 0.3) is 0 Å². The van der Waals surface area contributed by atoms with E-state index in [-0.39, 0.29) is 23.5 Å². The Kier molecular flexibility index (Phi) is 4.92. The quantitative estimate of drug-likeness (QED) is 0.549. The van der Waals surface area contributed by atoms with Crippen LogP contribution in [0.15, 0.2) is 4.42 Å². The summed E-state index contributed by atoms with van der Waals surface area (Å²) in [5.74, 6) is 0.969. The first-order valence-electron chi connectivity index (χ1n) is 10.3. The van der Waals surface area contributed by atoms with Crippen LogP contribution in [0.4, 0.5) is 9.59 Å². The van der Waals surface area contributed by atoms with Crippen LogP contribution in [0.5, 0.6) is 0 Å². The van der Waals surface area contributed by atoms with Crippen molar-refractivity contribution in [2.24, 2.45) is 5.41 Å². The van der Waals surface area contributed by atoms with E-state index in [0.717, 1.165) is 37.2 Å². The van der Waals surface area contributed by atoms with Crippen molar-refractivity contribution < 1.29 is 24.0 Å². The van der Waals surface area contributed by atoms with E-state index in [2.05, 4.69) is 15.5 Å². The summed E-state index contributed by atoms with van der Waals surface area (Å²) in [6.07, 6.45) is 4.49. The van der Waals surface area contributed by atoms with Gasteiger partial charge in [-0.15, -0.1) is 10.2 Å². The molecule has 29 heavy (non-hydrogen) atoms. The summed E-state index contributed by atoms with van der Waals surface area (Å²) in [5, 5.41) is 22.0. The maximum absolute atomic E-state index is 12.3. The molecule has 1 aromatic rings. The number of carbonyl (C=O) groups excluding carboxylic acids is 2. The Morgan fingerprint density at radius 3 is 2.79 bits per heavy atom. The number of urea groups is 1. The molecule has 3 heterocycles. The van der Waals surface area contributed by atoms with E-state index in [1.165, 1.54) is 0 Å². The minimum atomic E-state index is -0.508. The molecule has 160 valence electrons. The Balaban J connectivity index is 1.26. The number of carbonyl (C=O) groups is 2. The van der Waals surface area contributed by atoms with Crippen molar-refractivity contribution in [1.29, 1.82) is 0 Å². The number of ether oxygens (including phenoxy) is 1. The minimum absolute atomic E-state index is 0.00988. The number of hydrogen-bond acceptors (Lipinski definition) is 7. The van der Waals surface area contributed by atoms with Crippen LogP contribution in [-0.2, 0) is 11.2 Å². The molecule has 1 saturated carbocycles. The average molecular weight is 407 g/mol. The number of nitrogens with zero attached hydrogens (tertiary/aromatic N) is 4. The van der Waals surface area contributed by atoms with E-state index in [4.69, 9.17) is 9.15 Å². The monoisotopic (exact) mass is 407 g/mol. The zero-order chi connectivity index (χ0) is 20.8. The molecule has 2 atom stereocenters. The van der Waals surface area contributed by atoms with E-state index in [1.54, 1.807) is 4.90 Å². The van der Waals surface area contributed by atoms with Crippen LogP contribution < -0.4 is 5.32 Å². The first-order chi connectivity index (χ1) is 13.7. The van der Waals surface area contributed by atoms with Gasteiger partial charge < -0.3 is 19.4 Å². The van der Waals surface area contributed by atoms with Gasteiger partial charge in [0.15, 0.2) is 0 Å². The van der Waals surface area contributed by atoms with Gasteiger partial charge in [0.2, 0.25) is 11.8 Å². The smallest absolute Gasteiger partial charge is 0.407 e. The van der Waals surface area contributed by atoms with E-state index in [0.29, 0.717) is 31.3 Å². The summed E-state index contributed by atoms with van der Waals surface area (Å²) in [6.45, 7) is 6.49. The van der Waals surface area contributed by atoms with Crippen molar-refractivity contribution in [3.05, 3.63) is 11.8 Å². The molecule has 1 aromatic heterocycles. The molecule has 3 aliphatic rings. The summed E-state index contributed by atoms with van der Waals surface area (Å²) in [5.41, 5.74) is -0.518. The summed E-state index contributed by atoms with van der Waals surface area (Å²) in [4.78, 5) is 25.6. The molecule has 4 rings (SSSR count). The molecule has 0 radical (unpaired) electrons. The average Bonchev–Trinajstić information content (AvgIpc) is 3.14. The predicted octanol–water partition coefficient (Wildman–Crippen LogP) is 2.64. The van der Waals surface area contributed by atoms with Gasteiger partial charge in [-0.2, -0.15) is 0 Å². The largest absolute Gasteiger partial charge is 0.444 e. The number of aromatic nitrogens is 2. The standard InChI is InChI=1S/C19H29N5O5/c1-18(2,3)29-16(25)20-9-5-4-6-14-21-22-15(28-14)12-10-19(7-8-19)13-11-23(12)17(26)24(13)27/h12-13,27H,4-11H2,1-3H3,(H,20,25)/t12-,13+/m0/s1. The molecular formula is C19H29N5O5. The fraction of sp³-hybridized carbons (Fsp3) is 0.789. The lowest BCUT2D eigenvalue weighted by Gasteiger charge is -2.34. The number of unbranched alkanes of at least 4 members (excludes halogenated alkanes) is 1. The maximum atomic E-state index is 12.3. The highest BCUT2D eigenvalue weighted by molar-refractivity contribution is 5.77. The fourth-order valence-corrected chi connectivity index (χ4v) is 4.28. The summed E-state index contributed by atoms with van der Waals surface area (Å²) in [7, 11) is 0. The second-order valence-electron chi connectivity index (χ2n) is 9.30. The van der Waals surface area contributed by atoms with Crippen molar-refractivity contribution in [3.63, 3.8) is 0 Å². The van der Waals surface area contributed by atoms with E-state index in [9.17, 15) is 14.8 Å². The van der Waals surface area contributed by atoms with Crippen LogP contribution in [0.1, 0.15) is 70.7 Å². The van der Waals surface area contributed by atoms with Crippen LogP contribution in [0.2, 0.25) is 0 Å². The lowest BCUT2D eigenvalue weighted by molar-refractivity contribution is -0.0783. The molecule has 2 saturated heterocycles. The molecule has 2 aliphatic heterocycles. The molecule has 0 unspecified atom stereocenters. The molecule has 0 aromatic carbocycles. The van der Waals surface area contributed by atoms with Crippen molar-refractivity contribution in [2.45, 2.75) is 77.0 Å². The SMILES string of the molecule is CC(C)(C)OC(=O)NCCCCc1nnc([C@@H]2CC3(CC3)[C@H]3CN2C(=O)N3O)o1. The Morgan fingerprint density at radius 2 is 2.10 bits per heavy atom. The maximum Gasteiger partial charge on any atom is 0.407 e. The van der Waals surface area contributed by atoms with Gasteiger partial charge in [0.05, 0.1) is 6.04 Å². The van der Waals surface area contributed by atoms with Gasteiger partial charge in [-0.3, -0.25) is 5.21 Å². The molecule has 10 nitrogen and oxygen atoms in total. The van der Waals surface area contributed by atoms with E-state index >= 15 is 0 Å². The van der Waals surface area contributed by atoms with Crippen molar-refractivity contribution in [2.75, 3.05) is 13.1 Å². The number of aryl methyl sites for hydroxylation is 1. The molecular weight excluding hydrogens is 378 g/mol. The molecule has 2 N–H and O–H groups in total. The van der Waals surface area contributed by atoms with Gasteiger partial charge in [-0.05, 0) is 58.3 Å². The predicted molar refractivity (Wildman–Crippen MR) is 100 cm³/mol. The first kappa shape index (κ1) is 19.9. The Bertz CT molecular complexity index is 784. The number of hydrogen-bond donors (Lipinski definition) is 2. The number of fused-ring (bicyclic) bond motifs is 3. The number of piperidine rings is 1. The molecule has 3 fully saturated rings. The molecule has 1 aliphatic carbocycles. The summed E-state index contributed by atoms with van der Waals surface area (Å²) >= 11 is 0. The van der Waals surface area contributed by atoms with Gasteiger partial charge in [-0.25, -0.2) is 14.7 Å². The van der Waals surface area contributed by atoms with Gasteiger partial charge >= 0.3 is 12.1 Å². The highest BCUT2D eigenvalue weighted by Crippen LogP contribution is 2.61. The third-order valence-electron chi connectivity index (χ3n) is 5.93. The van der Waals surface area contributed by atoms with Crippen LogP contribution >= 0.6 is 0 Å². The normalized spacial score (nSPS) is 24.9. The number of alkyl carbamates (subject to hydrolysis) is 1.